The van der Waals surface area contributed by atoms with Crippen LogP contribution < -0.4 is 33.6 Å². The van der Waals surface area contributed by atoms with Crippen LogP contribution in [-0.4, -0.2) is 33.3 Å². The van der Waals surface area contributed by atoms with Crippen LogP contribution in [0.3, 0.4) is 0 Å². The van der Waals surface area contributed by atoms with Crippen LogP contribution in [0.2, 0.25) is 20.1 Å². The molecule has 9 aromatic carbocycles. The minimum Gasteiger partial charge on any atom is -0.351 e. The monoisotopic (exact) mass is 1320 g/mol. The molecule has 2 heterocycles. The fourth-order valence-electron chi connectivity index (χ4n) is 13.7. The van der Waals surface area contributed by atoms with Gasteiger partial charge in [0.2, 0.25) is 0 Å². The number of aromatic nitrogens is 2. The van der Waals surface area contributed by atoms with Crippen LogP contribution in [-0.2, 0) is 51.6 Å². The van der Waals surface area contributed by atoms with Crippen molar-refractivity contribution in [1.82, 2.24) is 19.8 Å². The molecular formula is C76H88Cl4N8O4. The first-order chi connectivity index (χ1) is 44.5. The molecule has 0 spiro atoms. The number of benzene rings is 9. The van der Waals surface area contributed by atoms with Crippen LogP contribution in [0.4, 0.5) is 19.2 Å². The number of imide groups is 2. The third kappa shape index (κ3) is 15.9. The number of nitrogens with zero attached hydrogens (tertiary/aromatic N) is 2. The standard InChI is InChI=1S/C72H78Cl4N2.2C2H5N3O2/c1-5-9-13-17-21-47-25-35-62-55(43-47)56-44-48(22-18-14-10-6-2)26-36-63(56)77(62)41-39-52-53-31-34-61(75)70-67(53)71(69-60(74)33-30-51-29-32-59(73)68(70)66(51)69)72(76)54(52)40-42-78-64-37-27-49(23-19-15-11-7-3)45-57(64)58-46-50(28-38-65(58)78)24-20-16-12-8-4;2*3-1(6)5-2(4)7/h25-38,43-46H,5-24,39-42H2,1-4H3;2*(H5,3,4,5,6,7). The Bertz CT molecular complexity index is 4260. The van der Waals surface area contributed by atoms with E-state index in [9.17, 15) is 19.2 Å². The van der Waals surface area contributed by atoms with Gasteiger partial charge < -0.3 is 32.1 Å². The average Bonchev–Trinajstić information content (AvgIpc) is 0.956. The number of amides is 8. The Morgan fingerprint density at radius 3 is 0.978 bits per heavy atom. The van der Waals surface area contributed by atoms with E-state index in [0.29, 0.717) is 15.1 Å². The van der Waals surface area contributed by atoms with Gasteiger partial charge in [-0.2, -0.15) is 0 Å². The summed E-state index contributed by atoms with van der Waals surface area (Å²) in [7, 11) is 0. The Labute approximate surface area is 560 Å². The van der Waals surface area contributed by atoms with Gasteiger partial charge in [-0.15, -0.1) is 0 Å². The number of urea groups is 4. The molecule has 484 valence electrons. The Kier molecular flexibility index (Phi) is 24.2. The number of hydrogen-bond donors (Lipinski definition) is 6. The SMILES string of the molecule is CCCCCCc1ccc2c(c1)c1cc(CCCCCC)ccc1n2CCc1c(CCn2c3ccc(CCCCCC)cc3c3cc(CCCCCC)ccc32)c2ccc(Cl)c3c4c(Cl)ccc5ccc(Cl)c(c(c1Cl)c23)c54.NC(=O)NC(N)=O.NC(=O)NC(N)=O. The predicted octanol–water partition coefficient (Wildman–Crippen LogP) is 21.0. The van der Waals surface area contributed by atoms with Crippen LogP contribution in [0.1, 0.15) is 164 Å². The van der Waals surface area contributed by atoms with Gasteiger partial charge >= 0.3 is 24.1 Å². The summed E-state index contributed by atoms with van der Waals surface area (Å²) in [6.45, 7) is 10.7. The van der Waals surface area contributed by atoms with Gasteiger partial charge in [-0.05, 0) is 175 Å². The van der Waals surface area contributed by atoms with Gasteiger partial charge in [-0.25, -0.2) is 19.2 Å². The van der Waals surface area contributed by atoms with E-state index in [-0.39, 0.29) is 0 Å². The summed E-state index contributed by atoms with van der Waals surface area (Å²) in [6.07, 6.45) is 26.1. The molecule has 0 atom stereocenters. The van der Waals surface area contributed by atoms with Crippen LogP contribution in [0.15, 0.2) is 109 Å². The molecule has 12 nitrogen and oxygen atoms in total. The first-order valence-electron chi connectivity index (χ1n) is 33.1. The van der Waals surface area contributed by atoms with E-state index in [1.807, 2.05) is 12.1 Å². The topological polar surface area (TPSA) is 206 Å². The maximum atomic E-state index is 9.62. The number of hydrogen-bond acceptors (Lipinski definition) is 4. The Balaban J connectivity index is 0.000000643. The molecule has 0 fully saturated rings. The van der Waals surface area contributed by atoms with Gasteiger partial charge in [0.25, 0.3) is 0 Å². The first-order valence-corrected chi connectivity index (χ1v) is 34.6. The molecule has 92 heavy (non-hydrogen) atoms. The zero-order valence-corrected chi connectivity index (χ0v) is 56.7. The van der Waals surface area contributed by atoms with Gasteiger partial charge in [0.15, 0.2) is 0 Å². The first kappa shape index (κ1) is 68.9. The fraction of sp³-hybridized carbons (Fsp3) is 0.368. The number of rotatable bonds is 26. The van der Waals surface area contributed by atoms with Gasteiger partial charge in [0.05, 0.1) is 5.02 Å². The maximum absolute atomic E-state index is 9.62. The zero-order valence-electron chi connectivity index (χ0n) is 53.7. The third-order valence-corrected chi connectivity index (χ3v) is 19.5. The highest BCUT2D eigenvalue weighted by Gasteiger charge is 2.27. The summed E-state index contributed by atoms with van der Waals surface area (Å²) < 4.78 is 5.19. The summed E-state index contributed by atoms with van der Waals surface area (Å²) in [6, 6.07) is 38.0. The fourth-order valence-corrected chi connectivity index (χ4v) is 14.9. The van der Waals surface area contributed by atoms with Crippen molar-refractivity contribution in [2.75, 3.05) is 0 Å². The summed E-state index contributed by atoms with van der Waals surface area (Å²) in [5.74, 6) is 0. The van der Waals surface area contributed by atoms with Crippen LogP contribution in [0, 0.1) is 0 Å². The smallest absolute Gasteiger partial charge is 0.320 e. The highest BCUT2D eigenvalue weighted by Crippen LogP contribution is 2.52. The molecule has 16 heteroatoms. The lowest BCUT2D eigenvalue weighted by Crippen LogP contribution is -2.38. The molecule has 0 aliphatic rings. The summed E-state index contributed by atoms with van der Waals surface area (Å²) in [4.78, 5) is 38.5. The lowest BCUT2D eigenvalue weighted by molar-refractivity contribution is 0.235. The second-order valence-corrected chi connectivity index (χ2v) is 26.2. The van der Waals surface area contributed by atoms with Crippen LogP contribution in [0.5, 0.6) is 0 Å². The van der Waals surface area contributed by atoms with Crippen molar-refractivity contribution < 1.29 is 19.2 Å². The quantitative estimate of drug-likeness (QED) is 0.0178. The molecule has 10 N–H and O–H groups in total. The third-order valence-electron chi connectivity index (χ3n) is 18.1. The van der Waals surface area contributed by atoms with Gasteiger partial charge in [-0.1, -0.05) is 194 Å². The van der Waals surface area contributed by atoms with E-state index in [2.05, 4.69) is 157 Å². The summed E-state index contributed by atoms with van der Waals surface area (Å²) in [5, 5.41) is 19.4. The molecule has 0 bridgehead atoms. The lowest BCUT2D eigenvalue weighted by Gasteiger charge is -2.24. The number of unbranched alkanes of at least 4 members (excludes halogenated alkanes) is 12. The van der Waals surface area contributed by atoms with Crippen molar-refractivity contribution >= 4 is 157 Å². The van der Waals surface area contributed by atoms with E-state index >= 15 is 0 Å². The summed E-state index contributed by atoms with van der Waals surface area (Å²) >= 11 is 30.4. The highest BCUT2D eigenvalue weighted by atomic mass is 35.5. The zero-order chi connectivity index (χ0) is 65.6. The molecule has 0 aliphatic carbocycles. The Hall–Kier alpha value is -7.48. The minimum absolute atomic E-state index is 0.659. The number of nitrogens with one attached hydrogen (secondary N) is 2. The number of fused-ring (bicyclic) bond motifs is 8. The maximum Gasteiger partial charge on any atom is 0.320 e. The molecule has 8 amide bonds. The second-order valence-electron chi connectivity index (χ2n) is 24.6. The molecule has 2 aromatic heterocycles. The largest absolute Gasteiger partial charge is 0.351 e. The van der Waals surface area contributed by atoms with Crippen molar-refractivity contribution in [2.45, 2.75) is 182 Å². The van der Waals surface area contributed by atoms with Crippen molar-refractivity contribution in [2.24, 2.45) is 22.9 Å². The predicted molar refractivity (Wildman–Crippen MR) is 390 cm³/mol. The molecule has 0 radical (unpaired) electrons. The molecule has 11 aromatic rings. The Morgan fingerprint density at radius 2 is 0.652 bits per heavy atom. The average molecular weight is 1320 g/mol. The molecule has 0 unspecified atom stereocenters. The highest BCUT2D eigenvalue weighted by molar-refractivity contribution is 6.53. The molecule has 11 rings (SSSR count). The van der Waals surface area contributed by atoms with E-state index in [4.69, 9.17) is 46.4 Å². The second kappa shape index (κ2) is 32.4. The van der Waals surface area contributed by atoms with Crippen molar-refractivity contribution in [3.8, 4) is 0 Å². The number of halogens is 4. The van der Waals surface area contributed by atoms with Crippen molar-refractivity contribution in [3.05, 3.63) is 163 Å². The number of aryl methyl sites for hydroxylation is 7. The molecule has 0 aliphatic heterocycles. The molecular weight excluding hydrogens is 1230 g/mol. The van der Waals surface area contributed by atoms with E-state index in [1.54, 1.807) is 10.6 Å². The number of nitrogens with two attached hydrogens (primary N) is 4. The number of carbonyl (C=O) groups is 4. The molecule has 0 saturated heterocycles. The van der Waals surface area contributed by atoms with E-state index in [0.717, 1.165) is 99.7 Å². The van der Waals surface area contributed by atoms with E-state index < -0.39 is 24.1 Å². The van der Waals surface area contributed by atoms with Crippen molar-refractivity contribution in [1.29, 1.82) is 0 Å². The minimum atomic E-state index is -0.938. The van der Waals surface area contributed by atoms with Gasteiger partial charge in [0, 0.05) is 104 Å². The Morgan fingerprint density at radius 1 is 0.337 bits per heavy atom. The summed E-state index contributed by atoms with van der Waals surface area (Å²) in [5.41, 5.74) is 31.1. The van der Waals surface area contributed by atoms with Crippen LogP contribution in [0.25, 0.3) is 86.7 Å². The molecule has 0 saturated carbocycles. The van der Waals surface area contributed by atoms with E-state index in [1.165, 1.54) is 180 Å². The van der Waals surface area contributed by atoms with Crippen LogP contribution >= 0.6 is 46.4 Å². The number of carbonyl (C=O) groups excluding carboxylic acids is 4. The van der Waals surface area contributed by atoms with Gasteiger partial charge in [0.1, 0.15) is 0 Å². The number of primary amides is 4. The van der Waals surface area contributed by atoms with Crippen molar-refractivity contribution in [3.63, 3.8) is 0 Å². The lowest BCUT2D eigenvalue weighted by atomic mass is 9.85. The normalized spacial score (nSPS) is 11.6. The van der Waals surface area contributed by atoms with Gasteiger partial charge in [-0.3, -0.25) is 10.6 Å².